The van der Waals surface area contributed by atoms with Crippen molar-refractivity contribution < 1.29 is 5.11 Å². The summed E-state index contributed by atoms with van der Waals surface area (Å²) in [5.41, 5.74) is 2.53. The fourth-order valence-electron chi connectivity index (χ4n) is 3.36. The molecular formula is C13H14N2OS. The molecule has 1 fully saturated rings. The zero-order valence-corrected chi connectivity index (χ0v) is 10.2. The van der Waals surface area contributed by atoms with Gasteiger partial charge in [0.25, 0.3) is 0 Å². The van der Waals surface area contributed by atoms with Crippen molar-refractivity contribution in [3.05, 3.63) is 28.8 Å². The smallest absolute Gasteiger partial charge is 0.0957 e. The lowest BCUT2D eigenvalue weighted by Gasteiger charge is -2.23. The summed E-state index contributed by atoms with van der Waals surface area (Å²) >= 11 is 1.81. The molecule has 1 aliphatic carbocycles. The van der Waals surface area contributed by atoms with Gasteiger partial charge in [-0.15, -0.1) is 11.3 Å². The van der Waals surface area contributed by atoms with Gasteiger partial charge in [-0.1, -0.05) is 6.42 Å². The Morgan fingerprint density at radius 1 is 1.41 bits per heavy atom. The van der Waals surface area contributed by atoms with Crippen molar-refractivity contribution in [1.29, 1.82) is 0 Å². The average molecular weight is 246 g/mol. The molecule has 4 rings (SSSR count). The SMILES string of the molecule is O[C@H]1CCC[C@@H]1[C@H]1c2sccc2-c2cncn21. The molecule has 0 radical (unpaired) electrons. The lowest BCUT2D eigenvalue weighted by molar-refractivity contribution is 0.113. The minimum absolute atomic E-state index is 0.150. The Kier molecular flexibility index (Phi) is 1.99. The maximum Gasteiger partial charge on any atom is 0.0957 e. The highest BCUT2D eigenvalue weighted by molar-refractivity contribution is 7.10. The van der Waals surface area contributed by atoms with Gasteiger partial charge in [0, 0.05) is 16.4 Å². The number of hydrogen-bond donors (Lipinski definition) is 1. The van der Waals surface area contributed by atoms with Gasteiger partial charge in [0.2, 0.25) is 0 Å². The molecular weight excluding hydrogens is 232 g/mol. The summed E-state index contributed by atoms with van der Waals surface area (Å²) in [5, 5.41) is 12.3. The Hall–Kier alpha value is -1.13. The summed E-state index contributed by atoms with van der Waals surface area (Å²) in [5.74, 6) is 0.364. The van der Waals surface area contributed by atoms with E-state index in [1.807, 2.05) is 23.9 Å². The van der Waals surface area contributed by atoms with Crippen LogP contribution in [0.15, 0.2) is 24.0 Å². The van der Waals surface area contributed by atoms with Crippen LogP contribution in [0.4, 0.5) is 0 Å². The molecule has 0 amide bonds. The predicted molar refractivity (Wildman–Crippen MR) is 67.0 cm³/mol. The van der Waals surface area contributed by atoms with Crippen molar-refractivity contribution in [2.45, 2.75) is 31.4 Å². The summed E-state index contributed by atoms with van der Waals surface area (Å²) in [6.45, 7) is 0. The quantitative estimate of drug-likeness (QED) is 0.840. The van der Waals surface area contributed by atoms with Crippen LogP contribution in [0.1, 0.15) is 30.2 Å². The summed E-state index contributed by atoms with van der Waals surface area (Å²) < 4.78 is 2.25. The lowest BCUT2D eigenvalue weighted by atomic mass is 9.95. The molecule has 3 heterocycles. The Labute approximate surface area is 104 Å². The van der Waals surface area contributed by atoms with E-state index in [9.17, 15) is 5.11 Å². The third-order valence-electron chi connectivity index (χ3n) is 4.14. The zero-order chi connectivity index (χ0) is 11.4. The average Bonchev–Trinajstić information content (AvgIpc) is 3.00. The van der Waals surface area contributed by atoms with Gasteiger partial charge in [-0.05, 0) is 24.3 Å². The van der Waals surface area contributed by atoms with Gasteiger partial charge in [0.05, 0.1) is 30.4 Å². The van der Waals surface area contributed by atoms with E-state index in [1.165, 1.54) is 16.1 Å². The second-order valence-electron chi connectivity index (χ2n) is 4.99. The number of rotatable bonds is 1. The highest BCUT2D eigenvalue weighted by Crippen LogP contribution is 2.49. The van der Waals surface area contributed by atoms with Crippen molar-refractivity contribution in [1.82, 2.24) is 9.55 Å². The zero-order valence-electron chi connectivity index (χ0n) is 9.41. The molecule has 17 heavy (non-hydrogen) atoms. The molecule has 0 unspecified atom stereocenters. The van der Waals surface area contributed by atoms with Gasteiger partial charge in [0.1, 0.15) is 0 Å². The van der Waals surface area contributed by atoms with Gasteiger partial charge in [0.15, 0.2) is 0 Å². The van der Waals surface area contributed by atoms with Gasteiger partial charge in [-0.25, -0.2) is 4.98 Å². The van der Waals surface area contributed by atoms with Crippen molar-refractivity contribution in [3.63, 3.8) is 0 Å². The molecule has 3 nitrogen and oxygen atoms in total. The Bertz CT molecular complexity index is 519. The Morgan fingerprint density at radius 3 is 3.18 bits per heavy atom. The summed E-state index contributed by atoms with van der Waals surface area (Å²) in [4.78, 5) is 5.67. The maximum absolute atomic E-state index is 10.1. The number of nitrogens with zero attached hydrogens (tertiary/aromatic N) is 2. The molecule has 1 N–H and O–H groups in total. The van der Waals surface area contributed by atoms with Crippen molar-refractivity contribution in [2.75, 3.05) is 0 Å². The van der Waals surface area contributed by atoms with Crippen molar-refractivity contribution in [2.24, 2.45) is 5.92 Å². The van der Waals surface area contributed by atoms with E-state index >= 15 is 0 Å². The first-order valence-electron chi connectivity index (χ1n) is 6.14. The van der Waals surface area contributed by atoms with E-state index in [-0.39, 0.29) is 6.10 Å². The van der Waals surface area contributed by atoms with Crippen LogP contribution >= 0.6 is 11.3 Å². The largest absolute Gasteiger partial charge is 0.393 e. The second kappa shape index (κ2) is 3.43. The first-order chi connectivity index (χ1) is 8.36. The molecule has 4 heteroatoms. The first kappa shape index (κ1) is 9.85. The van der Waals surface area contributed by atoms with Gasteiger partial charge >= 0.3 is 0 Å². The minimum Gasteiger partial charge on any atom is -0.393 e. The molecule has 88 valence electrons. The minimum atomic E-state index is -0.150. The lowest BCUT2D eigenvalue weighted by Crippen LogP contribution is -2.23. The molecule has 1 saturated carbocycles. The van der Waals surface area contributed by atoms with Gasteiger partial charge in [-0.3, -0.25) is 0 Å². The number of fused-ring (bicyclic) bond motifs is 3. The van der Waals surface area contributed by atoms with Gasteiger partial charge < -0.3 is 9.67 Å². The number of aromatic nitrogens is 2. The summed E-state index contributed by atoms with van der Waals surface area (Å²) in [6.07, 6.45) is 6.92. The molecule has 2 aliphatic rings. The fraction of sp³-hybridized carbons (Fsp3) is 0.462. The third kappa shape index (κ3) is 1.22. The molecule has 2 aromatic heterocycles. The van der Waals surface area contributed by atoms with Crippen LogP contribution in [-0.4, -0.2) is 20.8 Å². The van der Waals surface area contributed by atoms with Gasteiger partial charge in [-0.2, -0.15) is 0 Å². The van der Waals surface area contributed by atoms with E-state index in [1.54, 1.807) is 0 Å². The number of imidazole rings is 1. The fourth-order valence-corrected chi connectivity index (χ4v) is 4.44. The molecule has 0 aromatic carbocycles. The summed E-state index contributed by atoms with van der Waals surface area (Å²) in [6, 6.07) is 2.49. The maximum atomic E-state index is 10.1. The molecule has 3 atom stereocenters. The Balaban J connectivity index is 1.87. The normalized spacial score (nSPS) is 30.5. The van der Waals surface area contributed by atoms with E-state index in [4.69, 9.17) is 0 Å². The second-order valence-corrected chi connectivity index (χ2v) is 5.94. The topological polar surface area (TPSA) is 38.1 Å². The standard InChI is InChI=1S/C13H14N2OS/c16-11-3-1-2-9(11)12-13-8(4-5-17-13)10-6-14-7-15(10)12/h4-7,9,11-12,16H,1-3H2/t9-,11-,12-/m0/s1. The van der Waals surface area contributed by atoms with Crippen LogP contribution in [-0.2, 0) is 0 Å². The van der Waals surface area contributed by atoms with Crippen molar-refractivity contribution >= 4 is 11.3 Å². The van der Waals surface area contributed by atoms with Crippen LogP contribution < -0.4 is 0 Å². The predicted octanol–water partition coefficient (Wildman–Crippen LogP) is 2.68. The Morgan fingerprint density at radius 2 is 2.35 bits per heavy atom. The van der Waals surface area contributed by atoms with Crippen LogP contribution in [0.3, 0.4) is 0 Å². The van der Waals surface area contributed by atoms with E-state index in [2.05, 4.69) is 21.0 Å². The van der Waals surface area contributed by atoms with E-state index in [0.29, 0.717) is 12.0 Å². The summed E-state index contributed by atoms with van der Waals surface area (Å²) in [7, 11) is 0. The van der Waals surface area contributed by atoms with Crippen molar-refractivity contribution in [3.8, 4) is 11.3 Å². The molecule has 0 spiro atoms. The first-order valence-corrected chi connectivity index (χ1v) is 7.02. The highest BCUT2D eigenvalue weighted by atomic mass is 32.1. The monoisotopic (exact) mass is 246 g/mol. The van der Waals surface area contributed by atoms with E-state index < -0.39 is 0 Å². The molecule has 0 saturated heterocycles. The number of hydrogen-bond acceptors (Lipinski definition) is 3. The molecule has 1 aliphatic heterocycles. The molecule has 2 aromatic rings. The van der Waals surface area contributed by atoms with Crippen LogP contribution in [0.25, 0.3) is 11.3 Å². The number of aliphatic hydroxyl groups excluding tert-OH is 1. The van der Waals surface area contributed by atoms with E-state index in [0.717, 1.165) is 19.3 Å². The highest BCUT2D eigenvalue weighted by Gasteiger charge is 2.40. The molecule has 0 bridgehead atoms. The third-order valence-corrected chi connectivity index (χ3v) is 5.13. The number of aliphatic hydroxyl groups is 1. The van der Waals surface area contributed by atoms with Crippen LogP contribution in [0.5, 0.6) is 0 Å². The van der Waals surface area contributed by atoms with Crippen LogP contribution in [0, 0.1) is 5.92 Å². The number of thiophene rings is 1. The van der Waals surface area contributed by atoms with Crippen LogP contribution in [0.2, 0.25) is 0 Å².